The molecule has 2 spiro atoms. The van der Waals surface area contributed by atoms with Gasteiger partial charge in [0, 0.05) is 23.8 Å². The van der Waals surface area contributed by atoms with Crippen LogP contribution in [0.2, 0.25) is 0 Å². The second-order valence-electron chi connectivity index (χ2n) is 11.7. The van der Waals surface area contributed by atoms with Crippen LogP contribution in [-0.2, 0) is 9.59 Å². The van der Waals surface area contributed by atoms with E-state index in [4.69, 9.17) is 0 Å². The molecule has 0 aromatic carbocycles. The van der Waals surface area contributed by atoms with Crippen molar-refractivity contribution in [3.05, 3.63) is 11.6 Å². The van der Waals surface area contributed by atoms with Crippen LogP contribution in [0.25, 0.3) is 0 Å². The van der Waals surface area contributed by atoms with E-state index in [0.29, 0.717) is 12.3 Å². The molecule has 3 saturated heterocycles. The van der Waals surface area contributed by atoms with Gasteiger partial charge in [-0.15, -0.1) is 0 Å². The van der Waals surface area contributed by atoms with Crippen LogP contribution in [0.5, 0.6) is 0 Å². The van der Waals surface area contributed by atoms with Crippen LogP contribution in [-0.4, -0.2) is 56.0 Å². The summed E-state index contributed by atoms with van der Waals surface area (Å²) in [5.74, 6) is -1.61. The number of piperidine rings is 1. The quantitative estimate of drug-likeness (QED) is 0.413. The summed E-state index contributed by atoms with van der Waals surface area (Å²) in [6, 6.07) is -0.124. The fourth-order valence-corrected chi connectivity index (χ4v) is 8.41. The van der Waals surface area contributed by atoms with Crippen molar-refractivity contribution in [3.8, 4) is 0 Å². The lowest BCUT2D eigenvalue weighted by Gasteiger charge is -2.65. The first kappa shape index (κ1) is 21.6. The summed E-state index contributed by atoms with van der Waals surface area (Å²) in [5.41, 5.74) is -4.62. The van der Waals surface area contributed by atoms with Gasteiger partial charge in [-0.2, -0.15) is 0 Å². The normalized spacial score (nSPS) is 55.5. The maximum Gasteiger partial charge on any atom is 0.231 e. The number of carbonyl (C=O) groups is 2. The first-order valence-corrected chi connectivity index (χ1v) is 11.8. The molecule has 3 heterocycles. The smallest absolute Gasteiger partial charge is 0.231 e. The van der Waals surface area contributed by atoms with E-state index in [-0.39, 0.29) is 42.4 Å². The molecule has 2 aliphatic carbocycles. The van der Waals surface area contributed by atoms with E-state index in [1.54, 1.807) is 6.92 Å². The molecule has 5 rings (SSSR count). The van der Waals surface area contributed by atoms with Crippen LogP contribution >= 0.6 is 0 Å². The van der Waals surface area contributed by atoms with E-state index < -0.39 is 40.2 Å². The molecular weight excluding hydrogens is 396 g/mol. The van der Waals surface area contributed by atoms with E-state index in [0.717, 1.165) is 12.0 Å². The Morgan fingerprint density at radius 3 is 2.58 bits per heavy atom. The van der Waals surface area contributed by atoms with Crippen molar-refractivity contribution in [1.29, 1.82) is 0 Å². The number of fused-ring (bicyclic) bond motifs is 2. The highest BCUT2D eigenvalue weighted by atomic mass is 16.3. The minimum atomic E-state index is -1.76. The van der Waals surface area contributed by atoms with Gasteiger partial charge in [0.15, 0.2) is 5.78 Å². The highest BCUT2D eigenvalue weighted by Gasteiger charge is 2.84. The van der Waals surface area contributed by atoms with Gasteiger partial charge in [0.05, 0.1) is 18.1 Å². The molecule has 0 unspecified atom stereocenters. The molecule has 5 N–H and O–H groups in total. The molecular formula is C24H36N2O5. The Morgan fingerprint density at radius 2 is 1.94 bits per heavy atom. The molecule has 5 aliphatic rings. The van der Waals surface area contributed by atoms with Crippen molar-refractivity contribution < 1.29 is 24.9 Å². The Hall–Kier alpha value is -1.28. The van der Waals surface area contributed by atoms with Crippen LogP contribution in [0.1, 0.15) is 60.3 Å². The number of amides is 1. The standard InChI is InChI=1S/C24H36N2O5/c1-11(2)8-15-18-13(4)12(3)9-14-19-21(5,30)7-6-16(27)24(19)17(28)10-22(31,26-24)23(14,18)20(29)25-15/h9,11,13-16,18-19,26-27,30-31H,6-8,10H2,1-5H3,(H,25,29)/t13-,14-,15+,16-,18+,19+,21-,22-,23-,24-/m1/s1. The molecule has 172 valence electrons. The Bertz CT molecular complexity index is 883. The number of rotatable bonds is 2. The van der Waals surface area contributed by atoms with Gasteiger partial charge in [0.1, 0.15) is 16.7 Å². The predicted octanol–water partition coefficient (Wildman–Crippen LogP) is 0.871. The average molecular weight is 433 g/mol. The largest absolute Gasteiger partial charge is 0.391 e. The number of carbonyl (C=O) groups excluding carboxylic acids is 2. The number of hydrogen-bond donors (Lipinski definition) is 5. The number of Topliss-reactive ketones (excluding diaryl/α,β-unsaturated/α-hetero) is 1. The van der Waals surface area contributed by atoms with Gasteiger partial charge >= 0.3 is 0 Å². The number of aliphatic hydroxyl groups is 3. The molecule has 10 atom stereocenters. The van der Waals surface area contributed by atoms with Crippen molar-refractivity contribution in [2.75, 3.05) is 0 Å². The van der Waals surface area contributed by atoms with E-state index in [2.05, 4.69) is 31.4 Å². The van der Waals surface area contributed by atoms with Crippen molar-refractivity contribution >= 4 is 11.7 Å². The van der Waals surface area contributed by atoms with E-state index in [1.165, 1.54) is 0 Å². The van der Waals surface area contributed by atoms with Gasteiger partial charge in [0.2, 0.25) is 5.91 Å². The van der Waals surface area contributed by atoms with Gasteiger partial charge in [-0.05, 0) is 44.9 Å². The molecule has 0 radical (unpaired) electrons. The van der Waals surface area contributed by atoms with Gasteiger partial charge in [-0.25, -0.2) is 0 Å². The molecule has 1 amide bonds. The Labute approximate surface area is 183 Å². The van der Waals surface area contributed by atoms with Crippen LogP contribution in [0, 0.1) is 35.0 Å². The highest BCUT2D eigenvalue weighted by Crippen LogP contribution is 2.69. The molecule has 7 nitrogen and oxygen atoms in total. The molecule has 2 bridgehead atoms. The Balaban J connectivity index is 1.79. The third-order valence-electron chi connectivity index (χ3n) is 9.55. The SMILES string of the molecule is CC1=C[C@@H]2[C@@H]3[C@@]4(N[C@@](O)(CC4=O)[C@]24C(=O)N[C@@H](CC(C)C)[C@@H]4[C@@H]1C)[C@H](O)CC[C@@]3(C)O. The maximum atomic E-state index is 13.9. The first-order chi connectivity index (χ1) is 14.3. The lowest BCUT2D eigenvalue weighted by molar-refractivity contribution is -0.242. The zero-order valence-corrected chi connectivity index (χ0v) is 19.1. The number of aliphatic hydroxyl groups excluding tert-OH is 1. The minimum Gasteiger partial charge on any atom is -0.391 e. The second kappa shape index (κ2) is 6.19. The second-order valence-corrected chi connectivity index (χ2v) is 11.7. The number of hydrogen-bond acceptors (Lipinski definition) is 6. The van der Waals surface area contributed by atoms with Gasteiger partial charge in [-0.1, -0.05) is 32.4 Å². The summed E-state index contributed by atoms with van der Waals surface area (Å²) < 4.78 is 0. The zero-order chi connectivity index (χ0) is 22.7. The maximum absolute atomic E-state index is 13.9. The van der Waals surface area contributed by atoms with Crippen LogP contribution in [0.15, 0.2) is 11.6 Å². The monoisotopic (exact) mass is 432 g/mol. The lowest BCUT2D eigenvalue weighted by Crippen LogP contribution is -2.82. The summed E-state index contributed by atoms with van der Waals surface area (Å²) in [6.45, 7) is 10.1. The Kier molecular flexibility index (Phi) is 4.30. The molecule has 31 heavy (non-hydrogen) atoms. The van der Waals surface area contributed by atoms with Gasteiger partial charge < -0.3 is 20.6 Å². The van der Waals surface area contributed by atoms with E-state index >= 15 is 0 Å². The minimum absolute atomic E-state index is 0.0337. The van der Waals surface area contributed by atoms with Crippen LogP contribution < -0.4 is 10.6 Å². The number of nitrogens with one attached hydrogen (secondary N) is 2. The molecule has 0 aromatic heterocycles. The molecule has 1 saturated carbocycles. The van der Waals surface area contributed by atoms with Crippen molar-refractivity contribution in [2.24, 2.45) is 35.0 Å². The zero-order valence-electron chi connectivity index (χ0n) is 19.1. The first-order valence-electron chi connectivity index (χ1n) is 11.8. The molecule has 3 aliphatic heterocycles. The summed E-state index contributed by atoms with van der Waals surface area (Å²) in [4.78, 5) is 27.4. The topological polar surface area (TPSA) is 119 Å². The van der Waals surface area contributed by atoms with Crippen molar-refractivity contribution in [2.45, 2.75) is 89.3 Å². The molecule has 0 aromatic rings. The summed E-state index contributed by atoms with van der Waals surface area (Å²) in [6.07, 6.45) is 2.16. The van der Waals surface area contributed by atoms with E-state index in [9.17, 15) is 24.9 Å². The average Bonchev–Trinajstić information content (AvgIpc) is 3.06. The third-order valence-corrected chi connectivity index (χ3v) is 9.55. The summed E-state index contributed by atoms with van der Waals surface area (Å²) in [7, 11) is 0. The third kappa shape index (κ3) is 2.29. The summed E-state index contributed by atoms with van der Waals surface area (Å²) in [5, 5.41) is 41.0. The summed E-state index contributed by atoms with van der Waals surface area (Å²) >= 11 is 0. The van der Waals surface area contributed by atoms with Crippen molar-refractivity contribution in [1.82, 2.24) is 10.6 Å². The van der Waals surface area contributed by atoms with E-state index in [1.807, 2.05) is 13.0 Å². The fraction of sp³-hybridized carbons (Fsp3) is 0.833. The van der Waals surface area contributed by atoms with Crippen molar-refractivity contribution in [3.63, 3.8) is 0 Å². The molecule has 7 heteroatoms. The van der Waals surface area contributed by atoms with Gasteiger partial charge in [0.25, 0.3) is 0 Å². The Morgan fingerprint density at radius 1 is 1.26 bits per heavy atom. The fourth-order valence-electron chi connectivity index (χ4n) is 8.41. The van der Waals surface area contributed by atoms with Gasteiger partial charge in [-0.3, -0.25) is 14.9 Å². The lowest BCUT2D eigenvalue weighted by atomic mass is 9.44. The van der Waals surface area contributed by atoms with Crippen LogP contribution in [0.3, 0.4) is 0 Å². The number of allylic oxidation sites excluding steroid dienone is 2. The van der Waals surface area contributed by atoms with Crippen LogP contribution in [0.4, 0.5) is 0 Å². The molecule has 4 fully saturated rings. The highest BCUT2D eigenvalue weighted by molar-refractivity contribution is 5.98. The number of ketones is 1. The predicted molar refractivity (Wildman–Crippen MR) is 114 cm³/mol.